The third kappa shape index (κ3) is 2.83. The van der Waals surface area contributed by atoms with Crippen LogP contribution >= 0.6 is 0 Å². The van der Waals surface area contributed by atoms with Crippen molar-refractivity contribution in [2.24, 2.45) is 0 Å². The maximum absolute atomic E-state index is 11.5. The van der Waals surface area contributed by atoms with Gasteiger partial charge in [-0.2, -0.15) is 0 Å². The normalized spacial score (nSPS) is 17.6. The van der Waals surface area contributed by atoms with Gasteiger partial charge in [0.15, 0.2) is 0 Å². The number of rotatable bonds is 1. The van der Waals surface area contributed by atoms with Crippen LogP contribution in [0.1, 0.15) is 38.8 Å². The van der Waals surface area contributed by atoms with Gasteiger partial charge in [0.05, 0.1) is 5.69 Å². The summed E-state index contributed by atoms with van der Waals surface area (Å²) in [5.74, 6) is 0.809. The van der Waals surface area contributed by atoms with Crippen LogP contribution in [0.15, 0.2) is 12.1 Å². The number of amides is 2. The topological polar surface area (TPSA) is 50.4 Å². The van der Waals surface area contributed by atoms with Gasteiger partial charge in [-0.15, -0.1) is 0 Å². The highest BCUT2D eigenvalue weighted by atomic mass is 16.5. The molecule has 0 spiro atoms. The molecule has 0 saturated carbocycles. The Labute approximate surface area is 114 Å². The van der Waals surface area contributed by atoms with Crippen LogP contribution in [0, 0.1) is 0 Å². The number of hydrogen-bond donors (Lipinski definition) is 2. The van der Waals surface area contributed by atoms with Crippen LogP contribution in [0.3, 0.4) is 0 Å². The molecule has 4 nitrogen and oxygen atoms in total. The van der Waals surface area contributed by atoms with Crippen molar-refractivity contribution in [3.05, 3.63) is 23.3 Å². The highest BCUT2D eigenvalue weighted by molar-refractivity contribution is 5.91. The van der Waals surface area contributed by atoms with Crippen LogP contribution in [0.4, 0.5) is 10.5 Å². The molecule has 1 atom stereocenters. The van der Waals surface area contributed by atoms with Gasteiger partial charge >= 0.3 is 6.03 Å². The van der Waals surface area contributed by atoms with E-state index in [0.717, 1.165) is 17.9 Å². The number of fused-ring (bicyclic) bond motifs is 1. The van der Waals surface area contributed by atoms with Gasteiger partial charge in [0.25, 0.3) is 0 Å². The third-order valence-corrected chi connectivity index (χ3v) is 3.33. The van der Waals surface area contributed by atoms with Crippen LogP contribution in [0.2, 0.25) is 0 Å². The van der Waals surface area contributed by atoms with Crippen molar-refractivity contribution in [1.29, 1.82) is 0 Å². The fourth-order valence-electron chi connectivity index (χ4n) is 2.24. The van der Waals surface area contributed by atoms with E-state index < -0.39 is 0 Å². The summed E-state index contributed by atoms with van der Waals surface area (Å²) >= 11 is 0. The summed E-state index contributed by atoms with van der Waals surface area (Å²) < 4.78 is 5.81. The van der Waals surface area contributed by atoms with Crippen molar-refractivity contribution in [1.82, 2.24) is 5.32 Å². The number of urea groups is 1. The summed E-state index contributed by atoms with van der Waals surface area (Å²) in [5.41, 5.74) is 3.17. The Morgan fingerprint density at radius 2 is 2.05 bits per heavy atom. The fourth-order valence-corrected chi connectivity index (χ4v) is 2.24. The SMILES string of the molecule is CNC(=O)Nc1cc(C(C)(C)C)cc2c1OC(C)C2. The van der Waals surface area contributed by atoms with Crippen molar-refractivity contribution >= 4 is 11.7 Å². The molecule has 1 aliphatic rings. The Hall–Kier alpha value is -1.71. The summed E-state index contributed by atoms with van der Waals surface area (Å²) in [7, 11) is 1.60. The highest BCUT2D eigenvalue weighted by Crippen LogP contribution is 2.40. The van der Waals surface area contributed by atoms with Gasteiger partial charge in [-0.05, 0) is 24.0 Å². The zero-order valence-electron chi connectivity index (χ0n) is 12.3. The summed E-state index contributed by atoms with van der Waals surface area (Å²) in [6.45, 7) is 8.54. The number of benzene rings is 1. The lowest BCUT2D eigenvalue weighted by Crippen LogP contribution is -2.25. The molecular weight excluding hydrogens is 240 g/mol. The van der Waals surface area contributed by atoms with E-state index in [0.29, 0.717) is 0 Å². The highest BCUT2D eigenvalue weighted by Gasteiger charge is 2.26. The van der Waals surface area contributed by atoms with Crippen LogP contribution in [0.5, 0.6) is 5.75 Å². The Bertz CT molecular complexity index is 504. The predicted molar refractivity (Wildman–Crippen MR) is 77.0 cm³/mol. The van der Waals surface area contributed by atoms with E-state index in [4.69, 9.17) is 4.74 Å². The van der Waals surface area contributed by atoms with Gasteiger partial charge in [0.1, 0.15) is 11.9 Å². The summed E-state index contributed by atoms with van der Waals surface area (Å²) in [5, 5.41) is 5.42. The van der Waals surface area contributed by atoms with Gasteiger partial charge in [0, 0.05) is 19.0 Å². The molecule has 2 amide bonds. The molecule has 0 radical (unpaired) electrons. The second-order valence-electron chi connectivity index (χ2n) is 6.10. The van der Waals surface area contributed by atoms with E-state index in [9.17, 15) is 4.79 Å². The molecule has 0 aromatic heterocycles. The fraction of sp³-hybridized carbons (Fsp3) is 0.533. The Balaban J connectivity index is 2.46. The minimum absolute atomic E-state index is 0.0416. The lowest BCUT2D eigenvalue weighted by Gasteiger charge is -2.21. The average Bonchev–Trinajstić information content (AvgIpc) is 2.68. The van der Waals surface area contributed by atoms with E-state index >= 15 is 0 Å². The molecule has 0 bridgehead atoms. The molecule has 0 aliphatic carbocycles. The van der Waals surface area contributed by atoms with Gasteiger partial charge in [-0.25, -0.2) is 4.79 Å². The van der Waals surface area contributed by atoms with Crippen LogP contribution in [-0.2, 0) is 11.8 Å². The van der Waals surface area contributed by atoms with Crippen molar-refractivity contribution < 1.29 is 9.53 Å². The molecule has 2 N–H and O–H groups in total. The molecule has 1 heterocycles. The molecule has 0 fully saturated rings. The van der Waals surface area contributed by atoms with E-state index in [2.05, 4.69) is 37.5 Å². The van der Waals surface area contributed by atoms with Crippen molar-refractivity contribution in [3.8, 4) is 5.75 Å². The first-order valence-corrected chi connectivity index (χ1v) is 6.64. The average molecular weight is 262 g/mol. The minimum Gasteiger partial charge on any atom is -0.488 e. The lowest BCUT2D eigenvalue weighted by molar-refractivity contribution is 0.250. The number of carbonyl (C=O) groups excluding carboxylic acids is 1. The Morgan fingerprint density at radius 1 is 1.37 bits per heavy atom. The quantitative estimate of drug-likeness (QED) is 0.817. The summed E-state index contributed by atoms with van der Waals surface area (Å²) in [4.78, 5) is 11.5. The maximum Gasteiger partial charge on any atom is 0.319 e. The standard InChI is InChI=1S/C15H22N2O2/c1-9-6-10-7-11(15(2,3)4)8-12(13(10)19-9)17-14(18)16-5/h7-9H,6H2,1-5H3,(H2,16,17,18). The molecular formula is C15H22N2O2. The number of carbonyl (C=O) groups is 1. The molecule has 4 heteroatoms. The molecule has 1 unspecified atom stereocenters. The zero-order chi connectivity index (χ0) is 14.2. The van der Waals surface area contributed by atoms with Crippen LogP contribution in [0.25, 0.3) is 0 Å². The predicted octanol–water partition coefficient (Wildman–Crippen LogP) is 3.06. The first-order chi connectivity index (χ1) is 8.81. The smallest absolute Gasteiger partial charge is 0.319 e. The molecule has 2 rings (SSSR count). The second-order valence-corrected chi connectivity index (χ2v) is 6.10. The van der Waals surface area contributed by atoms with Crippen LogP contribution in [-0.4, -0.2) is 19.2 Å². The molecule has 1 aromatic rings. The first-order valence-electron chi connectivity index (χ1n) is 6.64. The molecule has 0 saturated heterocycles. The van der Waals surface area contributed by atoms with Crippen molar-refractivity contribution in [2.75, 3.05) is 12.4 Å². The number of hydrogen-bond acceptors (Lipinski definition) is 2. The summed E-state index contributed by atoms with van der Waals surface area (Å²) in [6.07, 6.45) is 1.05. The number of nitrogens with one attached hydrogen (secondary N) is 2. The van der Waals surface area contributed by atoms with Gasteiger partial charge in [0.2, 0.25) is 0 Å². The third-order valence-electron chi connectivity index (χ3n) is 3.33. The van der Waals surface area contributed by atoms with Gasteiger partial charge < -0.3 is 15.4 Å². The van der Waals surface area contributed by atoms with E-state index in [-0.39, 0.29) is 17.6 Å². The molecule has 19 heavy (non-hydrogen) atoms. The number of anilines is 1. The Morgan fingerprint density at radius 3 is 2.63 bits per heavy atom. The lowest BCUT2D eigenvalue weighted by atomic mass is 9.85. The Kier molecular flexibility index (Phi) is 3.43. The second kappa shape index (κ2) is 4.76. The largest absolute Gasteiger partial charge is 0.488 e. The first kappa shape index (κ1) is 13.7. The monoisotopic (exact) mass is 262 g/mol. The summed E-state index contributed by atoms with van der Waals surface area (Å²) in [6, 6.07) is 3.97. The van der Waals surface area contributed by atoms with Gasteiger partial charge in [-0.3, -0.25) is 0 Å². The van der Waals surface area contributed by atoms with E-state index in [1.165, 1.54) is 11.1 Å². The molecule has 1 aromatic carbocycles. The van der Waals surface area contributed by atoms with E-state index in [1.807, 2.05) is 13.0 Å². The number of ether oxygens (including phenoxy) is 1. The van der Waals surface area contributed by atoms with Crippen molar-refractivity contribution in [3.63, 3.8) is 0 Å². The molecule has 1 aliphatic heterocycles. The van der Waals surface area contributed by atoms with Gasteiger partial charge in [-0.1, -0.05) is 26.8 Å². The van der Waals surface area contributed by atoms with E-state index in [1.54, 1.807) is 7.05 Å². The maximum atomic E-state index is 11.5. The van der Waals surface area contributed by atoms with Crippen molar-refractivity contribution in [2.45, 2.75) is 45.6 Å². The van der Waals surface area contributed by atoms with Crippen LogP contribution < -0.4 is 15.4 Å². The minimum atomic E-state index is -0.226. The zero-order valence-corrected chi connectivity index (χ0v) is 12.3. The molecule has 104 valence electrons.